The van der Waals surface area contributed by atoms with Gasteiger partial charge in [-0.1, -0.05) is 30.0 Å². The third-order valence-corrected chi connectivity index (χ3v) is 5.72. The number of aliphatic imine (C=N–C) groups is 1. The lowest BCUT2D eigenvalue weighted by molar-refractivity contribution is 0.301. The van der Waals surface area contributed by atoms with Crippen LogP contribution < -0.4 is 10.3 Å². The van der Waals surface area contributed by atoms with Crippen LogP contribution in [0.25, 0.3) is 0 Å². The summed E-state index contributed by atoms with van der Waals surface area (Å²) < 4.78 is 7.76. The summed E-state index contributed by atoms with van der Waals surface area (Å²) in [7, 11) is 0. The molecule has 7 heteroatoms. The Morgan fingerprint density at radius 1 is 1.25 bits per heavy atom. The molecule has 4 rings (SSSR count). The molecule has 1 aliphatic heterocycles. The highest BCUT2D eigenvalue weighted by Crippen LogP contribution is 2.44. The van der Waals surface area contributed by atoms with Crippen molar-refractivity contribution in [2.24, 2.45) is 4.99 Å². The largest absolute Gasteiger partial charge is 0.487 e. The van der Waals surface area contributed by atoms with Crippen molar-refractivity contribution in [2.45, 2.75) is 38.7 Å². The fourth-order valence-corrected chi connectivity index (χ4v) is 4.32. The first-order chi connectivity index (χ1) is 13.5. The average Bonchev–Trinajstić information content (AvgIpc) is 3.03. The molecule has 3 heterocycles. The van der Waals surface area contributed by atoms with Crippen LogP contribution >= 0.6 is 11.8 Å². The van der Waals surface area contributed by atoms with Crippen LogP contribution in [0.5, 0.6) is 5.75 Å². The van der Waals surface area contributed by atoms with E-state index in [4.69, 9.17) is 4.74 Å². The Kier molecular flexibility index (Phi) is 5.09. The Hall–Kier alpha value is -2.80. The highest BCUT2D eigenvalue weighted by Gasteiger charge is 2.30. The van der Waals surface area contributed by atoms with Gasteiger partial charge in [-0.3, -0.25) is 19.6 Å². The number of nitrogens with zero attached hydrogens (tertiary/aromatic N) is 3. The van der Waals surface area contributed by atoms with Gasteiger partial charge in [-0.15, -0.1) is 0 Å². The van der Waals surface area contributed by atoms with Crippen molar-refractivity contribution >= 4 is 22.6 Å². The van der Waals surface area contributed by atoms with Gasteiger partial charge in [-0.2, -0.15) is 0 Å². The Morgan fingerprint density at radius 3 is 2.86 bits per heavy atom. The first kappa shape index (κ1) is 18.6. The van der Waals surface area contributed by atoms with Gasteiger partial charge in [0.2, 0.25) is 0 Å². The van der Waals surface area contributed by atoms with E-state index in [1.807, 2.05) is 67.9 Å². The minimum atomic E-state index is -0.116. The topological polar surface area (TPSA) is 72.3 Å². The SMILES string of the molecule is CC1=Nc2c(c(=O)[nH]n2C(C)C)[C@@H](c2cccc(OCc3ccccn3)c2)S1. The summed E-state index contributed by atoms with van der Waals surface area (Å²) >= 11 is 1.59. The molecule has 28 heavy (non-hydrogen) atoms. The van der Waals surface area contributed by atoms with Gasteiger partial charge >= 0.3 is 0 Å². The molecule has 0 saturated carbocycles. The second kappa shape index (κ2) is 7.67. The number of pyridine rings is 1. The standard InChI is InChI=1S/C21H22N4O2S/c1-13(2)25-20-18(21(26)24-25)19(28-14(3)23-20)15-7-6-9-17(11-15)27-12-16-8-4-5-10-22-16/h4-11,13,19H,12H2,1-3H3,(H,24,26)/t19-/m1/s1. The van der Waals surface area contributed by atoms with E-state index in [1.165, 1.54) is 0 Å². The number of rotatable bonds is 5. The van der Waals surface area contributed by atoms with Crippen molar-refractivity contribution in [2.75, 3.05) is 0 Å². The van der Waals surface area contributed by atoms with Crippen molar-refractivity contribution in [3.8, 4) is 5.75 Å². The summed E-state index contributed by atoms with van der Waals surface area (Å²) in [6.07, 6.45) is 1.75. The number of fused-ring (bicyclic) bond motifs is 1. The number of hydrogen-bond donors (Lipinski definition) is 1. The first-order valence-corrected chi connectivity index (χ1v) is 10.1. The number of hydrogen-bond acceptors (Lipinski definition) is 5. The lowest BCUT2D eigenvalue weighted by atomic mass is 10.1. The molecule has 1 N–H and O–H groups in total. The third kappa shape index (κ3) is 3.62. The van der Waals surface area contributed by atoms with Gasteiger partial charge in [-0.25, -0.2) is 4.99 Å². The third-order valence-electron chi connectivity index (χ3n) is 4.54. The van der Waals surface area contributed by atoms with Crippen LogP contribution in [0.15, 0.2) is 58.4 Å². The zero-order chi connectivity index (χ0) is 19.7. The van der Waals surface area contributed by atoms with E-state index in [0.29, 0.717) is 12.2 Å². The van der Waals surface area contributed by atoms with E-state index in [2.05, 4.69) is 15.1 Å². The minimum absolute atomic E-state index is 0.0859. The zero-order valence-corrected chi connectivity index (χ0v) is 16.9. The molecule has 0 aliphatic carbocycles. The highest BCUT2D eigenvalue weighted by atomic mass is 32.2. The summed E-state index contributed by atoms with van der Waals surface area (Å²) in [6.45, 7) is 6.44. The van der Waals surface area contributed by atoms with Gasteiger partial charge in [0.15, 0.2) is 5.82 Å². The lowest BCUT2D eigenvalue weighted by Crippen LogP contribution is -2.13. The maximum atomic E-state index is 12.7. The molecular formula is C21H22N4O2S. The highest BCUT2D eigenvalue weighted by molar-refractivity contribution is 8.14. The van der Waals surface area contributed by atoms with Crippen molar-refractivity contribution in [3.63, 3.8) is 0 Å². The van der Waals surface area contributed by atoms with E-state index in [-0.39, 0.29) is 16.9 Å². The fourth-order valence-electron chi connectivity index (χ4n) is 3.23. The Bertz CT molecular complexity index is 1070. The Balaban J connectivity index is 1.65. The summed E-state index contributed by atoms with van der Waals surface area (Å²) in [5.74, 6) is 1.48. The summed E-state index contributed by atoms with van der Waals surface area (Å²) in [6, 6.07) is 13.8. The lowest BCUT2D eigenvalue weighted by Gasteiger charge is -2.22. The van der Waals surface area contributed by atoms with E-state index >= 15 is 0 Å². The van der Waals surface area contributed by atoms with Gasteiger partial charge < -0.3 is 4.74 Å². The van der Waals surface area contributed by atoms with Crippen LogP contribution in [0, 0.1) is 0 Å². The van der Waals surface area contributed by atoms with E-state index < -0.39 is 0 Å². The van der Waals surface area contributed by atoms with Gasteiger partial charge in [0.1, 0.15) is 12.4 Å². The molecule has 0 radical (unpaired) electrons. The fraction of sp³-hybridized carbons (Fsp3) is 0.286. The predicted octanol–water partition coefficient (Wildman–Crippen LogP) is 4.62. The molecule has 1 aliphatic rings. The maximum Gasteiger partial charge on any atom is 0.271 e. The number of H-pyrrole nitrogens is 1. The van der Waals surface area contributed by atoms with Gasteiger partial charge in [-0.05, 0) is 50.6 Å². The number of thioether (sulfide) groups is 1. The van der Waals surface area contributed by atoms with Crippen LogP contribution in [0.1, 0.15) is 48.9 Å². The van der Waals surface area contributed by atoms with Crippen molar-refractivity contribution in [1.29, 1.82) is 0 Å². The molecule has 0 spiro atoms. The van der Waals surface area contributed by atoms with Crippen molar-refractivity contribution in [3.05, 3.63) is 75.8 Å². The molecule has 3 aromatic rings. The van der Waals surface area contributed by atoms with E-state index in [9.17, 15) is 4.79 Å². The molecule has 0 amide bonds. The predicted molar refractivity (Wildman–Crippen MR) is 113 cm³/mol. The summed E-state index contributed by atoms with van der Waals surface area (Å²) in [5.41, 5.74) is 2.50. The molecule has 6 nitrogen and oxygen atoms in total. The molecule has 1 atom stereocenters. The summed E-state index contributed by atoms with van der Waals surface area (Å²) in [5, 5.41) is 3.76. The maximum absolute atomic E-state index is 12.7. The number of nitrogens with one attached hydrogen (secondary N) is 1. The van der Waals surface area contributed by atoms with Crippen LogP contribution in [-0.2, 0) is 6.61 Å². The molecule has 2 aromatic heterocycles. The molecule has 0 unspecified atom stereocenters. The molecular weight excluding hydrogens is 372 g/mol. The van der Waals surface area contributed by atoms with Gasteiger partial charge in [0.25, 0.3) is 5.56 Å². The Labute approximate surface area is 167 Å². The normalized spacial score (nSPS) is 16.0. The van der Waals surface area contributed by atoms with E-state index in [0.717, 1.165) is 27.9 Å². The first-order valence-electron chi connectivity index (χ1n) is 9.22. The van der Waals surface area contributed by atoms with E-state index in [1.54, 1.807) is 18.0 Å². The zero-order valence-electron chi connectivity index (χ0n) is 16.0. The number of ether oxygens (including phenoxy) is 1. The average molecular weight is 395 g/mol. The second-order valence-electron chi connectivity index (χ2n) is 6.95. The molecule has 0 saturated heterocycles. The number of aromatic amines is 1. The number of aromatic nitrogens is 3. The van der Waals surface area contributed by atoms with Gasteiger partial charge in [0, 0.05) is 12.2 Å². The molecule has 0 fully saturated rings. The van der Waals surface area contributed by atoms with Crippen LogP contribution in [-0.4, -0.2) is 19.8 Å². The van der Waals surface area contributed by atoms with Crippen LogP contribution in [0.3, 0.4) is 0 Å². The minimum Gasteiger partial charge on any atom is -0.487 e. The van der Waals surface area contributed by atoms with Crippen LogP contribution in [0.4, 0.5) is 5.82 Å². The number of benzene rings is 1. The van der Waals surface area contributed by atoms with Gasteiger partial charge in [0.05, 0.1) is 21.6 Å². The molecule has 1 aromatic carbocycles. The van der Waals surface area contributed by atoms with Crippen molar-refractivity contribution in [1.82, 2.24) is 14.8 Å². The Morgan fingerprint density at radius 2 is 2.11 bits per heavy atom. The monoisotopic (exact) mass is 394 g/mol. The molecule has 0 bridgehead atoms. The second-order valence-corrected chi connectivity index (χ2v) is 8.25. The quantitative estimate of drug-likeness (QED) is 0.685. The summed E-state index contributed by atoms with van der Waals surface area (Å²) in [4.78, 5) is 21.6. The molecule has 144 valence electrons. The van der Waals surface area contributed by atoms with Crippen LogP contribution in [0.2, 0.25) is 0 Å². The van der Waals surface area contributed by atoms with Crippen molar-refractivity contribution < 1.29 is 4.74 Å². The smallest absolute Gasteiger partial charge is 0.271 e.